The van der Waals surface area contributed by atoms with E-state index in [-0.39, 0.29) is 0 Å². The van der Waals surface area contributed by atoms with Crippen molar-refractivity contribution in [3.05, 3.63) is 48.0 Å². The Morgan fingerprint density at radius 3 is 2.86 bits per heavy atom. The topological polar surface area (TPSA) is 35.4 Å². The van der Waals surface area contributed by atoms with Crippen LogP contribution < -0.4 is 10.6 Å². The minimum Gasteiger partial charge on any atom is -0.353 e. The Hall–Kier alpha value is -1.42. The van der Waals surface area contributed by atoms with Gasteiger partial charge in [0.2, 0.25) is 0 Å². The third-order valence-electron chi connectivity index (χ3n) is 4.07. The smallest absolute Gasteiger partial charge is 0.173 e. The molecule has 0 saturated carbocycles. The summed E-state index contributed by atoms with van der Waals surface area (Å²) in [4.78, 5) is 0. The molecule has 3 heteroatoms. The van der Waals surface area contributed by atoms with Gasteiger partial charge < -0.3 is 10.1 Å². The predicted octanol–water partition coefficient (Wildman–Crippen LogP) is 3.02. The largest absolute Gasteiger partial charge is 0.353 e. The first-order chi connectivity index (χ1) is 10.4. The summed E-state index contributed by atoms with van der Waals surface area (Å²) < 4.78 is 6.28. The Morgan fingerprint density at radius 1 is 1.19 bits per heavy atom. The lowest BCUT2D eigenvalue weighted by atomic mass is 9.94. The molecule has 1 heterocycles. The Labute approximate surface area is 126 Å². The highest BCUT2D eigenvalue weighted by atomic mass is 16.5. The van der Waals surface area contributed by atoms with Crippen molar-refractivity contribution in [2.45, 2.75) is 25.5 Å². The number of hydrogen-bond donors (Lipinski definition) is 1. The van der Waals surface area contributed by atoms with Gasteiger partial charge in [-0.1, -0.05) is 55.8 Å². The van der Waals surface area contributed by atoms with Gasteiger partial charge in [-0.05, 0) is 17.2 Å². The Kier molecular flexibility index (Phi) is 4.54. The van der Waals surface area contributed by atoms with Gasteiger partial charge in [-0.15, -0.1) is 0 Å². The van der Waals surface area contributed by atoms with E-state index in [2.05, 4.69) is 54.7 Å². The van der Waals surface area contributed by atoms with E-state index >= 15 is 0 Å². The van der Waals surface area contributed by atoms with E-state index in [0.717, 1.165) is 39.1 Å². The molecule has 3 nitrogen and oxygen atoms in total. The number of benzene rings is 2. The van der Waals surface area contributed by atoms with Crippen LogP contribution in [0, 0.1) is 0 Å². The number of ether oxygens (including phenoxy) is 1. The first-order valence-corrected chi connectivity index (χ1v) is 7.87. The van der Waals surface area contributed by atoms with Crippen molar-refractivity contribution in [2.24, 2.45) is 0 Å². The lowest BCUT2D eigenvalue weighted by Crippen LogP contribution is -2.54. The number of rotatable bonds is 5. The SMILES string of the molecule is CCCCOC1(c2cccc3ccccc23)CNCC[N]1. The first kappa shape index (κ1) is 14.5. The molecule has 2 aromatic carbocycles. The number of nitrogens with zero attached hydrogens (tertiary/aromatic N) is 1. The summed E-state index contributed by atoms with van der Waals surface area (Å²) in [6, 6.07) is 14.9. The van der Waals surface area contributed by atoms with Gasteiger partial charge in [0.25, 0.3) is 0 Å². The van der Waals surface area contributed by atoms with Gasteiger partial charge >= 0.3 is 0 Å². The van der Waals surface area contributed by atoms with Gasteiger partial charge in [0, 0.05) is 31.8 Å². The van der Waals surface area contributed by atoms with E-state index in [1.807, 2.05) is 0 Å². The zero-order valence-corrected chi connectivity index (χ0v) is 12.6. The lowest BCUT2D eigenvalue weighted by molar-refractivity contribution is -0.0871. The minimum absolute atomic E-state index is 0.533. The van der Waals surface area contributed by atoms with Crippen LogP contribution in [-0.2, 0) is 10.5 Å². The van der Waals surface area contributed by atoms with Crippen LogP contribution in [0.5, 0.6) is 0 Å². The molecule has 0 amide bonds. The molecule has 1 radical (unpaired) electrons. The predicted molar refractivity (Wildman–Crippen MR) is 86.4 cm³/mol. The van der Waals surface area contributed by atoms with Crippen LogP contribution in [0.4, 0.5) is 0 Å². The molecular weight excluding hydrogens is 260 g/mol. The summed E-state index contributed by atoms with van der Waals surface area (Å²) in [6.07, 6.45) is 2.21. The number of fused-ring (bicyclic) bond motifs is 1. The summed E-state index contributed by atoms with van der Waals surface area (Å²) in [7, 11) is 0. The highest BCUT2D eigenvalue weighted by Crippen LogP contribution is 2.31. The third-order valence-corrected chi connectivity index (χ3v) is 4.07. The molecule has 21 heavy (non-hydrogen) atoms. The maximum Gasteiger partial charge on any atom is 0.173 e. The average Bonchev–Trinajstić information content (AvgIpc) is 2.55. The van der Waals surface area contributed by atoms with Crippen LogP contribution in [0.2, 0.25) is 0 Å². The van der Waals surface area contributed by atoms with Gasteiger partial charge in [-0.25, -0.2) is 5.32 Å². The number of unbranched alkanes of at least 4 members (excludes halogenated alkanes) is 1. The lowest BCUT2D eigenvalue weighted by Gasteiger charge is -2.38. The van der Waals surface area contributed by atoms with E-state index in [1.54, 1.807) is 0 Å². The summed E-state index contributed by atoms with van der Waals surface area (Å²) in [5.74, 6) is 0. The number of hydrogen-bond acceptors (Lipinski definition) is 2. The van der Waals surface area contributed by atoms with E-state index in [0.29, 0.717) is 0 Å². The summed E-state index contributed by atoms with van der Waals surface area (Å²) >= 11 is 0. The average molecular weight is 283 g/mol. The second-order valence-electron chi connectivity index (χ2n) is 5.57. The highest BCUT2D eigenvalue weighted by Gasteiger charge is 2.37. The van der Waals surface area contributed by atoms with Crippen LogP contribution in [0.25, 0.3) is 10.8 Å². The monoisotopic (exact) mass is 283 g/mol. The van der Waals surface area contributed by atoms with Crippen molar-refractivity contribution in [1.82, 2.24) is 10.6 Å². The van der Waals surface area contributed by atoms with Crippen molar-refractivity contribution in [1.29, 1.82) is 0 Å². The molecule has 0 bridgehead atoms. The molecular formula is C18H23N2O. The molecule has 1 aliphatic heterocycles. The summed E-state index contributed by atoms with van der Waals surface area (Å²) in [6.45, 7) is 5.43. The molecule has 1 unspecified atom stereocenters. The van der Waals surface area contributed by atoms with Crippen molar-refractivity contribution in [3.63, 3.8) is 0 Å². The van der Waals surface area contributed by atoms with Gasteiger partial charge in [-0.2, -0.15) is 0 Å². The van der Waals surface area contributed by atoms with Crippen LogP contribution in [0.3, 0.4) is 0 Å². The van der Waals surface area contributed by atoms with Gasteiger partial charge in [0.1, 0.15) is 0 Å². The van der Waals surface area contributed by atoms with Crippen LogP contribution in [0.1, 0.15) is 25.3 Å². The molecule has 0 spiro atoms. The fourth-order valence-electron chi connectivity index (χ4n) is 2.94. The quantitative estimate of drug-likeness (QED) is 0.856. The van der Waals surface area contributed by atoms with Gasteiger partial charge in [0.05, 0.1) is 0 Å². The fourth-order valence-corrected chi connectivity index (χ4v) is 2.94. The molecule has 2 aromatic rings. The minimum atomic E-state index is -0.533. The van der Waals surface area contributed by atoms with Crippen molar-refractivity contribution in [2.75, 3.05) is 26.2 Å². The van der Waals surface area contributed by atoms with Crippen molar-refractivity contribution in [3.8, 4) is 0 Å². The second-order valence-corrected chi connectivity index (χ2v) is 5.57. The van der Waals surface area contributed by atoms with E-state index < -0.39 is 5.72 Å². The maximum atomic E-state index is 6.28. The zero-order valence-electron chi connectivity index (χ0n) is 12.6. The molecule has 111 valence electrons. The van der Waals surface area contributed by atoms with Crippen molar-refractivity contribution >= 4 is 10.8 Å². The molecule has 1 N–H and O–H groups in total. The Balaban J connectivity index is 2.01. The standard InChI is InChI=1S/C18H23N2O/c1-2-3-13-21-18(14-19-11-12-20-18)17-10-6-8-15-7-4-5-9-16(15)17/h4-10,19H,2-3,11-14H2,1H3. The van der Waals surface area contributed by atoms with Gasteiger partial charge in [-0.3, -0.25) is 0 Å². The molecule has 0 aromatic heterocycles. The molecule has 0 aliphatic carbocycles. The molecule has 3 rings (SSSR count). The Bertz CT molecular complexity index is 585. The van der Waals surface area contributed by atoms with Crippen LogP contribution in [-0.4, -0.2) is 26.2 Å². The highest BCUT2D eigenvalue weighted by molar-refractivity contribution is 5.86. The summed E-state index contributed by atoms with van der Waals surface area (Å²) in [5.41, 5.74) is 0.651. The number of nitrogens with one attached hydrogen (secondary N) is 1. The van der Waals surface area contributed by atoms with E-state index in [4.69, 9.17) is 10.1 Å². The van der Waals surface area contributed by atoms with E-state index in [9.17, 15) is 0 Å². The van der Waals surface area contributed by atoms with Gasteiger partial charge in [0.15, 0.2) is 5.72 Å². The normalized spacial score (nSPS) is 22.5. The van der Waals surface area contributed by atoms with Crippen LogP contribution in [0.15, 0.2) is 42.5 Å². The fraction of sp³-hybridized carbons (Fsp3) is 0.444. The van der Waals surface area contributed by atoms with Crippen molar-refractivity contribution < 1.29 is 4.74 Å². The molecule has 1 fully saturated rings. The Morgan fingerprint density at radius 2 is 2.05 bits per heavy atom. The maximum absolute atomic E-state index is 6.28. The molecule has 1 aliphatic rings. The van der Waals surface area contributed by atoms with E-state index in [1.165, 1.54) is 16.3 Å². The third kappa shape index (κ3) is 2.95. The zero-order chi connectivity index (χ0) is 14.5. The first-order valence-electron chi connectivity index (χ1n) is 7.87. The summed E-state index contributed by atoms with van der Waals surface area (Å²) in [5, 5.41) is 10.8. The van der Waals surface area contributed by atoms with Crippen LogP contribution >= 0.6 is 0 Å². The number of piperazine rings is 1. The second kappa shape index (κ2) is 6.56. The molecule has 1 saturated heterocycles. The molecule has 1 atom stereocenters.